The first-order valence-corrected chi connectivity index (χ1v) is 4.39. The van der Waals surface area contributed by atoms with Crippen molar-refractivity contribution in [1.82, 2.24) is 20.6 Å². The molecule has 0 radical (unpaired) electrons. The van der Waals surface area contributed by atoms with Gasteiger partial charge in [-0.1, -0.05) is 30.3 Å². The first kappa shape index (κ1) is 11.6. The SMILES string of the molecule is Cl.N[C@@H](Cc1ccccc1)c1nnn[nH]1. The van der Waals surface area contributed by atoms with Crippen molar-refractivity contribution in [3.63, 3.8) is 0 Å². The maximum Gasteiger partial charge on any atom is 0.165 e. The van der Waals surface area contributed by atoms with Gasteiger partial charge in [-0.2, -0.15) is 0 Å². The maximum atomic E-state index is 5.90. The van der Waals surface area contributed by atoms with Crippen LogP contribution in [0.3, 0.4) is 0 Å². The van der Waals surface area contributed by atoms with Crippen LogP contribution in [0, 0.1) is 0 Å². The molecular formula is C9H12ClN5. The van der Waals surface area contributed by atoms with Gasteiger partial charge in [0.1, 0.15) is 0 Å². The van der Waals surface area contributed by atoms with Gasteiger partial charge in [0.05, 0.1) is 6.04 Å². The molecule has 3 N–H and O–H groups in total. The smallest absolute Gasteiger partial charge is 0.165 e. The van der Waals surface area contributed by atoms with Crippen molar-refractivity contribution in [2.24, 2.45) is 5.73 Å². The number of nitrogens with zero attached hydrogens (tertiary/aromatic N) is 3. The summed E-state index contributed by atoms with van der Waals surface area (Å²) in [5.74, 6) is 0.619. The highest BCUT2D eigenvalue weighted by atomic mass is 35.5. The number of nitrogens with one attached hydrogen (secondary N) is 1. The van der Waals surface area contributed by atoms with Crippen molar-refractivity contribution in [1.29, 1.82) is 0 Å². The van der Waals surface area contributed by atoms with Gasteiger partial charge in [0, 0.05) is 0 Å². The first-order valence-electron chi connectivity index (χ1n) is 4.39. The molecular weight excluding hydrogens is 214 g/mol. The normalized spacial score (nSPS) is 11.8. The van der Waals surface area contributed by atoms with Crippen LogP contribution in [0.2, 0.25) is 0 Å². The van der Waals surface area contributed by atoms with Crippen LogP contribution in [-0.2, 0) is 6.42 Å². The van der Waals surface area contributed by atoms with Crippen molar-refractivity contribution >= 4 is 12.4 Å². The highest BCUT2D eigenvalue weighted by Gasteiger charge is 2.09. The lowest BCUT2D eigenvalue weighted by atomic mass is 10.1. The number of hydrogen-bond donors (Lipinski definition) is 2. The zero-order valence-electron chi connectivity index (χ0n) is 8.00. The molecule has 0 spiro atoms. The van der Waals surface area contributed by atoms with Crippen LogP contribution >= 0.6 is 12.4 Å². The second-order valence-corrected chi connectivity index (χ2v) is 3.08. The first-order chi connectivity index (χ1) is 6.86. The molecule has 0 aliphatic heterocycles. The number of nitrogens with two attached hydrogens (primary N) is 1. The second kappa shape index (κ2) is 5.43. The minimum atomic E-state index is -0.174. The third-order valence-electron chi connectivity index (χ3n) is 2.01. The third kappa shape index (κ3) is 3.00. The Bertz CT molecular complexity index is 375. The van der Waals surface area contributed by atoms with Gasteiger partial charge in [-0.15, -0.1) is 17.5 Å². The van der Waals surface area contributed by atoms with Crippen LogP contribution in [0.15, 0.2) is 30.3 Å². The Kier molecular flexibility index (Phi) is 4.20. The van der Waals surface area contributed by atoms with Gasteiger partial charge >= 0.3 is 0 Å². The fraction of sp³-hybridized carbons (Fsp3) is 0.222. The van der Waals surface area contributed by atoms with Gasteiger partial charge in [0.25, 0.3) is 0 Å². The number of rotatable bonds is 3. The minimum Gasteiger partial charge on any atom is -0.321 e. The summed E-state index contributed by atoms with van der Waals surface area (Å²) in [4.78, 5) is 0. The van der Waals surface area contributed by atoms with E-state index in [0.717, 1.165) is 6.42 Å². The standard InChI is InChI=1S/C9H11N5.ClH/c10-8(9-11-13-14-12-9)6-7-4-2-1-3-5-7;/h1-5,8H,6,10H2,(H,11,12,13,14);1H/t8-;/m0./s1. The Morgan fingerprint density at radius 2 is 2.00 bits per heavy atom. The van der Waals surface area contributed by atoms with Crippen LogP contribution < -0.4 is 5.73 Å². The zero-order valence-corrected chi connectivity index (χ0v) is 8.81. The average Bonchev–Trinajstić information content (AvgIpc) is 2.72. The lowest BCUT2D eigenvalue weighted by Gasteiger charge is -2.06. The molecule has 1 aromatic heterocycles. The third-order valence-corrected chi connectivity index (χ3v) is 2.01. The molecule has 80 valence electrons. The number of aromatic amines is 1. The summed E-state index contributed by atoms with van der Waals surface area (Å²) in [5.41, 5.74) is 7.07. The highest BCUT2D eigenvalue weighted by Crippen LogP contribution is 2.10. The number of hydrogen-bond acceptors (Lipinski definition) is 4. The van der Waals surface area contributed by atoms with Crippen molar-refractivity contribution in [3.8, 4) is 0 Å². The number of halogens is 1. The minimum absolute atomic E-state index is 0. The van der Waals surface area contributed by atoms with Crippen LogP contribution in [-0.4, -0.2) is 20.6 Å². The van der Waals surface area contributed by atoms with Crippen LogP contribution in [0.1, 0.15) is 17.4 Å². The van der Waals surface area contributed by atoms with E-state index in [1.807, 2.05) is 30.3 Å². The number of aromatic nitrogens is 4. The van der Waals surface area contributed by atoms with E-state index in [9.17, 15) is 0 Å². The van der Waals surface area contributed by atoms with Gasteiger partial charge in [-0.3, -0.25) is 0 Å². The molecule has 0 saturated heterocycles. The van der Waals surface area contributed by atoms with E-state index >= 15 is 0 Å². The largest absolute Gasteiger partial charge is 0.321 e. The summed E-state index contributed by atoms with van der Waals surface area (Å²) in [5, 5.41) is 13.4. The molecule has 2 aromatic rings. The molecule has 15 heavy (non-hydrogen) atoms. The van der Waals surface area contributed by atoms with Gasteiger partial charge in [0.2, 0.25) is 0 Å². The molecule has 0 fully saturated rings. The Hall–Kier alpha value is -1.46. The van der Waals surface area contributed by atoms with Crippen molar-refractivity contribution in [2.45, 2.75) is 12.5 Å². The molecule has 0 unspecified atom stereocenters. The van der Waals surface area contributed by atoms with Crippen molar-refractivity contribution < 1.29 is 0 Å². The van der Waals surface area contributed by atoms with Gasteiger partial charge in [0.15, 0.2) is 5.82 Å². The summed E-state index contributed by atoms with van der Waals surface area (Å²) in [6.07, 6.45) is 0.734. The fourth-order valence-electron chi connectivity index (χ4n) is 1.29. The molecule has 1 aromatic carbocycles. The van der Waals surface area contributed by atoms with E-state index in [-0.39, 0.29) is 18.4 Å². The second-order valence-electron chi connectivity index (χ2n) is 3.08. The molecule has 1 heterocycles. The van der Waals surface area contributed by atoms with Gasteiger partial charge in [-0.05, 0) is 22.4 Å². The molecule has 0 aliphatic rings. The predicted molar refractivity (Wildman–Crippen MR) is 58.5 cm³/mol. The average molecular weight is 226 g/mol. The number of benzene rings is 1. The van der Waals surface area contributed by atoms with Gasteiger partial charge < -0.3 is 5.73 Å². The number of H-pyrrole nitrogens is 1. The summed E-state index contributed by atoms with van der Waals surface area (Å²) in [7, 11) is 0. The highest BCUT2D eigenvalue weighted by molar-refractivity contribution is 5.85. The van der Waals surface area contributed by atoms with Crippen LogP contribution in [0.25, 0.3) is 0 Å². The van der Waals surface area contributed by atoms with E-state index in [1.165, 1.54) is 5.56 Å². The van der Waals surface area contributed by atoms with E-state index in [2.05, 4.69) is 20.6 Å². The molecule has 2 rings (SSSR count). The molecule has 5 nitrogen and oxygen atoms in total. The topological polar surface area (TPSA) is 80.5 Å². The predicted octanol–water partition coefficient (Wildman–Crippen LogP) is 0.864. The van der Waals surface area contributed by atoms with Crippen molar-refractivity contribution in [3.05, 3.63) is 41.7 Å². The summed E-state index contributed by atoms with van der Waals surface area (Å²) in [6, 6.07) is 9.84. The number of tetrazole rings is 1. The molecule has 0 saturated carbocycles. The maximum absolute atomic E-state index is 5.90. The zero-order chi connectivity index (χ0) is 9.80. The Balaban J connectivity index is 0.00000112. The quantitative estimate of drug-likeness (QED) is 0.812. The van der Waals surface area contributed by atoms with E-state index in [0.29, 0.717) is 5.82 Å². The van der Waals surface area contributed by atoms with E-state index in [1.54, 1.807) is 0 Å². The molecule has 0 aliphatic carbocycles. The Morgan fingerprint density at radius 3 is 2.60 bits per heavy atom. The monoisotopic (exact) mass is 225 g/mol. The van der Waals surface area contributed by atoms with E-state index in [4.69, 9.17) is 5.73 Å². The summed E-state index contributed by atoms with van der Waals surface area (Å²) in [6.45, 7) is 0. The Labute approximate surface area is 93.5 Å². The lowest BCUT2D eigenvalue weighted by molar-refractivity contribution is 0.669. The summed E-state index contributed by atoms with van der Waals surface area (Å²) < 4.78 is 0. The fourth-order valence-corrected chi connectivity index (χ4v) is 1.29. The van der Waals surface area contributed by atoms with Crippen molar-refractivity contribution in [2.75, 3.05) is 0 Å². The molecule has 0 bridgehead atoms. The van der Waals surface area contributed by atoms with Gasteiger partial charge in [-0.25, -0.2) is 5.10 Å². The molecule has 6 heteroatoms. The Morgan fingerprint density at radius 1 is 1.27 bits per heavy atom. The van der Waals surface area contributed by atoms with Crippen LogP contribution in [0.5, 0.6) is 0 Å². The van der Waals surface area contributed by atoms with E-state index < -0.39 is 0 Å². The van der Waals surface area contributed by atoms with Crippen LogP contribution in [0.4, 0.5) is 0 Å². The lowest BCUT2D eigenvalue weighted by Crippen LogP contribution is -2.15. The molecule has 1 atom stereocenters. The summed E-state index contributed by atoms with van der Waals surface area (Å²) >= 11 is 0. The molecule has 0 amide bonds.